The second kappa shape index (κ2) is 6.26. The number of nitrogens with zero attached hydrogens (tertiary/aromatic N) is 1. The lowest BCUT2D eigenvalue weighted by molar-refractivity contribution is 0.0715. The average molecular weight is 304 g/mol. The molecule has 1 aliphatic heterocycles. The van der Waals surface area contributed by atoms with Crippen molar-refractivity contribution in [2.45, 2.75) is 18.9 Å². The summed E-state index contributed by atoms with van der Waals surface area (Å²) in [6.07, 6.45) is 1.95. The average Bonchev–Trinajstić information content (AvgIpc) is 3.01. The molecule has 1 N–H and O–H groups in total. The molecule has 3 rings (SSSR count). The predicted octanol–water partition coefficient (Wildman–Crippen LogP) is 3.60. The van der Waals surface area contributed by atoms with E-state index in [0.29, 0.717) is 6.54 Å². The van der Waals surface area contributed by atoms with E-state index in [1.54, 1.807) is 6.07 Å². The lowest BCUT2D eigenvalue weighted by Gasteiger charge is -2.33. The fraction of sp³-hybridized carbons (Fsp3) is 0.312. The Morgan fingerprint density at radius 3 is 3.05 bits per heavy atom. The zero-order valence-electron chi connectivity index (χ0n) is 11.6. The molecule has 0 bridgehead atoms. The zero-order valence-corrected chi connectivity index (χ0v) is 12.4. The summed E-state index contributed by atoms with van der Waals surface area (Å²) in [5.74, 6) is -0.163. The van der Waals surface area contributed by atoms with Gasteiger partial charge in [0.25, 0.3) is 5.91 Å². The number of hydrogen-bond donors (Lipinski definition) is 1. The maximum atomic E-state index is 13.2. The van der Waals surface area contributed by atoms with Gasteiger partial charge in [0.05, 0.1) is 5.56 Å². The molecule has 1 fully saturated rings. The molecule has 0 aliphatic carbocycles. The molecule has 0 unspecified atom stereocenters. The number of nitrogens with one attached hydrogen (secondary N) is 1. The lowest BCUT2D eigenvalue weighted by Crippen LogP contribution is -2.45. The molecule has 110 valence electrons. The van der Waals surface area contributed by atoms with Crippen LogP contribution in [0.5, 0.6) is 0 Å². The number of likely N-dealkylation sites (tertiary alicyclic amines) is 1. The number of amides is 1. The first-order chi connectivity index (χ1) is 10.2. The van der Waals surface area contributed by atoms with Gasteiger partial charge in [0.1, 0.15) is 5.82 Å². The first-order valence-corrected chi connectivity index (χ1v) is 8.00. The van der Waals surface area contributed by atoms with Gasteiger partial charge in [-0.05, 0) is 42.5 Å². The number of carbonyl (C=O) groups excluding carboxylic acids is 1. The van der Waals surface area contributed by atoms with Crippen LogP contribution in [0.4, 0.5) is 10.1 Å². The molecular formula is C16H17FN2OS. The summed E-state index contributed by atoms with van der Waals surface area (Å²) < 4.78 is 13.2. The molecule has 1 amide bonds. The van der Waals surface area contributed by atoms with Gasteiger partial charge in [-0.2, -0.15) is 11.3 Å². The van der Waals surface area contributed by atoms with Crippen molar-refractivity contribution < 1.29 is 9.18 Å². The Hall–Kier alpha value is -1.88. The number of carbonyl (C=O) groups is 1. The summed E-state index contributed by atoms with van der Waals surface area (Å²) in [6.45, 7) is 1.45. The fourth-order valence-electron chi connectivity index (χ4n) is 2.66. The highest BCUT2D eigenvalue weighted by Gasteiger charge is 2.24. The Labute approximate surface area is 127 Å². The third-order valence-electron chi connectivity index (χ3n) is 3.67. The van der Waals surface area contributed by atoms with E-state index < -0.39 is 0 Å². The largest absolute Gasteiger partial charge is 0.380 e. The summed E-state index contributed by atoms with van der Waals surface area (Å²) >= 11 is 1.53. The van der Waals surface area contributed by atoms with Crippen LogP contribution in [0.25, 0.3) is 0 Å². The van der Waals surface area contributed by atoms with Crippen LogP contribution >= 0.6 is 11.3 Å². The highest BCUT2D eigenvalue weighted by Crippen LogP contribution is 2.19. The number of benzene rings is 1. The highest BCUT2D eigenvalue weighted by atomic mass is 32.1. The lowest BCUT2D eigenvalue weighted by atomic mass is 10.0. The van der Waals surface area contributed by atoms with E-state index in [0.717, 1.165) is 30.6 Å². The minimum absolute atomic E-state index is 0.0852. The molecule has 0 saturated carbocycles. The van der Waals surface area contributed by atoms with E-state index in [1.165, 1.54) is 23.5 Å². The fourth-order valence-corrected chi connectivity index (χ4v) is 3.29. The number of anilines is 1. The minimum atomic E-state index is -0.248. The van der Waals surface area contributed by atoms with Crippen LogP contribution in [0.1, 0.15) is 23.2 Å². The van der Waals surface area contributed by atoms with Gasteiger partial charge in [-0.3, -0.25) is 4.79 Å². The summed E-state index contributed by atoms with van der Waals surface area (Å²) in [7, 11) is 0. The van der Waals surface area contributed by atoms with Crippen LogP contribution in [0, 0.1) is 5.82 Å². The van der Waals surface area contributed by atoms with Gasteiger partial charge in [0.15, 0.2) is 0 Å². The Kier molecular flexibility index (Phi) is 4.20. The van der Waals surface area contributed by atoms with Gasteiger partial charge in [0, 0.05) is 30.2 Å². The molecule has 2 aromatic rings. The SMILES string of the molecule is O=C(c1ccsc1)N1CCC[C@@H](Nc2cccc(F)c2)C1. The molecule has 5 heteroatoms. The second-order valence-electron chi connectivity index (χ2n) is 5.26. The van der Waals surface area contributed by atoms with Crippen LogP contribution in [-0.2, 0) is 0 Å². The van der Waals surface area contributed by atoms with E-state index in [4.69, 9.17) is 0 Å². The number of thiophene rings is 1. The van der Waals surface area contributed by atoms with Crippen LogP contribution in [0.15, 0.2) is 41.1 Å². The predicted molar refractivity (Wildman–Crippen MR) is 83.3 cm³/mol. The molecular weight excluding hydrogens is 287 g/mol. The zero-order chi connectivity index (χ0) is 14.7. The van der Waals surface area contributed by atoms with Crippen LogP contribution in [0.3, 0.4) is 0 Å². The van der Waals surface area contributed by atoms with E-state index in [1.807, 2.05) is 27.8 Å². The smallest absolute Gasteiger partial charge is 0.254 e. The van der Waals surface area contributed by atoms with Gasteiger partial charge in [-0.25, -0.2) is 4.39 Å². The van der Waals surface area contributed by atoms with Gasteiger partial charge < -0.3 is 10.2 Å². The molecule has 1 atom stereocenters. The summed E-state index contributed by atoms with van der Waals surface area (Å²) in [5, 5.41) is 7.12. The van der Waals surface area contributed by atoms with E-state index >= 15 is 0 Å². The van der Waals surface area contributed by atoms with Crippen molar-refractivity contribution in [2.24, 2.45) is 0 Å². The Morgan fingerprint density at radius 1 is 1.38 bits per heavy atom. The van der Waals surface area contributed by atoms with Crippen molar-refractivity contribution in [1.29, 1.82) is 0 Å². The normalized spacial score (nSPS) is 18.5. The monoisotopic (exact) mass is 304 g/mol. The second-order valence-corrected chi connectivity index (χ2v) is 6.04. The van der Waals surface area contributed by atoms with Crippen molar-refractivity contribution >= 4 is 22.9 Å². The van der Waals surface area contributed by atoms with Gasteiger partial charge in [-0.15, -0.1) is 0 Å². The molecule has 1 aromatic heterocycles. The number of rotatable bonds is 3. The maximum absolute atomic E-state index is 13.2. The van der Waals surface area contributed by atoms with E-state index in [-0.39, 0.29) is 17.8 Å². The number of hydrogen-bond acceptors (Lipinski definition) is 3. The Bertz CT molecular complexity index is 614. The van der Waals surface area contributed by atoms with E-state index in [2.05, 4.69) is 5.32 Å². The van der Waals surface area contributed by atoms with Crippen LogP contribution < -0.4 is 5.32 Å². The van der Waals surface area contributed by atoms with Crippen LogP contribution in [-0.4, -0.2) is 29.9 Å². The standard InChI is InChI=1S/C16H17FN2OS/c17-13-3-1-4-14(9-13)18-15-5-2-7-19(10-15)16(20)12-6-8-21-11-12/h1,3-4,6,8-9,11,15,18H,2,5,7,10H2/t15-/m1/s1. The third kappa shape index (κ3) is 3.42. The van der Waals surface area contributed by atoms with Crippen molar-refractivity contribution in [1.82, 2.24) is 4.90 Å². The molecule has 0 radical (unpaired) electrons. The van der Waals surface area contributed by atoms with Crippen molar-refractivity contribution in [3.8, 4) is 0 Å². The van der Waals surface area contributed by atoms with E-state index in [9.17, 15) is 9.18 Å². The number of piperidine rings is 1. The number of halogens is 1. The molecule has 2 heterocycles. The summed E-state index contributed by atoms with van der Waals surface area (Å²) in [6, 6.07) is 8.48. The molecule has 1 aromatic carbocycles. The van der Waals surface area contributed by atoms with Crippen molar-refractivity contribution in [3.63, 3.8) is 0 Å². The topological polar surface area (TPSA) is 32.3 Å². The first kappa shape index (κ1) is 14.1. The molecule has 21 heavy (non-hydrogen) atoms. The third-order valence-corrected chi connectivity index (χ3v) is 4.36. The molecule has 0 spiro atoms. The van der Waals surface area contributed by atoms with Gasteiger partial charge in [-0.1, -0.05) is 6.07 Å². The molecule has 1 aliphatic rings. The van der Waals surface area contributed by atoms with Gasteiger partial charge in [0.2, 0.25) is 0 Å². The summed E-state index contributed by atoms with van der Waals surface area (Å²) in [5.41, 5.74) is 1.52. The summed E-state index contributed by atoms with van der Waals surface area (Å²) in [4.78, 5) is 14.2. The van der Waals surface area contributed by atoms with Crippen LogP contribution in [0.2, 0.25) is 0 Å². The molecule has 3 nitrogen and oxygen atoms in total. The maximum Gasteiger partial charge on any atom is 0.254 e. The Balaban J connectivity index is 1.64. The minimum Gasteiger partial charge on any atom is -0.380 e. The molecule has 1 saturated heterocycles. The van der Waals surface area contributed by atoms with Crippen molar-refractivity contribution in [3.05, 3.63) is 52.5 Å². The first-order valence-electron chi connectivity index (χ1n) is 7.06. The quantitative estimate of drug-likeness (QED) is 0.939. The van der Waals surface area contributed by atoms with Gasteiger partial charge >= 0.3 is 0 Å². The Morgan fingerprint density at radius 2 is 2.29 bits per heavy atom. The highest BCUT2D eigenvalue weighted by molar-refractivity contribution is 7.08. The van der Waals surface area contributed by atoms with Crippen molar-refractivity contribution in [2.75, 3.05) is 18.4 Å².